The first-order valence-corrected chi connectivity index (χ1v) is 17.3. The van der Waals surface area contributed by atoms with Gasteiger partial charge in [0.25, 0.3) is 0 Å². The number of nitrogens with one attached hydrogen (secondary N) is 2. The number of ketones is 4. The van der Waals surface area contributed by atoms with Crippen LogP contribution in [-0.4, -0.2) is 60.2 Å². The highest BCUT2D eigenvalue weighted by Gasteiger charge is 2.45. The van der Waals surface area contributed by atoms with E-state index in [-0.39, 0.29) is 74.2 Å². The molecule has 0 fully saturated rings. The van der Waals surface area contributed by atoms with Crippen molar-refractivity contribution in [2.75, 3.05) is 16.4 Å². The van der Waals surface area contributed by atoms with Gasteiger partial charge in [0.05, 0.1) is 53.3 Å². The van der Waals surface area contributed by atoms with Gasteiger partial charge in [0.15, 0.2) is 29.0 Å². The lowest BCUT2D eigenvalue weighted by Crippen LogP contribution is -2.40. The maximum Gasteiger partial charge on any atom is 0.307 e. The summed E-state index contributed by atoms with van der Waals surface area (Å²) in [4.78, 5) is 93.1. The third-order valence-corrected chi connectivity index (χ3v) is 10.0. The molecule has 4 aliphatic carbocycles. The first-order valence-electron chi connectivity index (χ1n) is 17.3. The molecule has 55 heavy (non-hydrogen) atoms. The predicted octanol–water partition coefficient (Wildman–Crippen LogP) is 5.25. The van der Waals surface area contributed by atoms with Crippen LogP contribution in [0.3, 0.4) is 0 Å². The maximum absolute atomic E-state index is 14.1. The summed E-state index contributed by atoms with van der Waals surface area (Å²) >= 11 is 0. The SMILES string of the molecule is Nc1c(CC(=O)O)cc(Nc2nc(NC3=CC(CC(=O)O)=C[C@@H]4C(=O)c5ccccc5C(=O)[C@@H]34)nc(-c3ccccc3)n2)c2c1C(=O)[C@@H]1C=CC=C[C@H]1C2=O. The minimum Gasteiger partial charge on any atom is -0.481 e. The van der Waals surface area contributed by atoms with Crippen LogP contribution in [0.15, 0.2) is 108 Å². The number of rotatable bonds is 9. The Morgan fingerprint density at radius 3 is 1.95 bits per heavy atom. The van der Waals surface area contributed by atoms with Crippen LogP contribution in [0.4, 0.5) is 23.3 Å². The fraction of sp³-hybridized carbons (Fsp3) is 0.146. The molecule has 4 aliphatic rings. The number of allylic oxidation sites excluding steroid dienone is 7. The lowest BCUT2D eigenvalue weighted by atomic mass is 9.69. The Labute approximate surface area is 312 Å². The largest absolute Gasteiger partial charge is 0.481 e. The summed E-state index contributed by atoms with van der Waals surface area (Å²) in [5.74, 6) is -7.65. The van der Waals surface area contributed by atoms with E-state index in [0.717, 1.165) is 0 Å². The molecule has 1 heterocycles. The molecule has 8 rings (SSSR count). The number of carboxylic acid groups (broad SMARTS) is 2. The summed E-state index contributed by atoms with van der Waals surface area (Å²) in [5.41, 5.74) is 7.80. The van der Waals surface area contributed by atoms with Gasteiger partial charge in [-0.15, -0.1) is 0 Å². The molecule has 1 aromatic heterocycles. The monoisotopic (exact) mass is 734 g/mol. The maximum atomic E-state index is 14.1. The molecule has 4 atom stereocenters. The second-order valence-corrected chi connectivity index (χ2v) is 13.5. The second kappa shape index (κ2) is 13.6. The molecule has 272 valence electrons. The second-order valence-electron chi connectivity index (χ2n) is 13.5. The van der Waals surface area contributed by atoms with E-state index in [2.05, 4.69) is 25.6 Å². The van der Waals surface area contributed by atoms with Crippen molar-refractivity contribution in [3.63, 3.8) is 0 Å². The van der Waals surface area contributed by atoms with Crippen molar-refractivity contribution in [3.05, 3.63) is 136 Å². The fourth-order valence-electron chi connectivity index (χ4n) is 7.62. The van der Waals surface area contributed by atoms with Crippen LogP contribution in [0, 0.1) is 23.7 Å². The van der Waals surface area contributed by atoms with Gasteiger partial charge in [-0.2, -0.15) is 15.0 Å². The van der Waals surface area contributed by atoms with Crippen molar-refractivity contribution < 1.29 is 39.0 Å². The van der Waals surface area contributed by atoms with E-state index in [4.69, 9.17) is 5.73 Å². The Kier molecular flexibility index (Phi) is 8.56. The smallest absolute Gasteiger partial charge is 0.307 e. The molecule has 14 nitrogen and oxygen atoms in total. The van der Waals surface area contributed by atoms with Gasteiger partial charge in [-0.05, 0) is 23.3 Å². The summed E-state index contributed by atoms with van der Waals surface area (Å²) in [6, 6.07) is 16.6. The van der Waals surface area contributed by atoms with E-state index in [9.17, 15) is 39.0 Å². The van der Waals surface area contributed by atoms with Crippen LogP contribution in [0.1, 0.15) is 53.4 Å². The number of carbonyl (C=O) groups is 6. The van der Waals surface area contributed by atoms with Crippen LogP contribution >= 0.6 is 0 Å². The number of nitrogen functional groups attached to an aromatic ring is 1. The zero-order valence-corrected chi connectivity index (χ0v) is 28.7. The van der Waals surface area contributed by atoms with E-state index < -0.39 is 60.0 Å². The Hall–Kier alpha value is -7.35. The van der Waals surface area contributed by atoms with Crippen molar-refractivity contribution in [2.45, 2.75) is 12.8 Å². The highest BCUT2D eigenvalue weighted by Crippen LogP contribution is 2.43. The number of hydrogen-bond donors (Lipinski definition) is 5. The number of carbonyl (C=O) groups excluding carboxylic acids is 4. The number of fused-ring (bicyclic) bond motifs is 4. The number of benzene rings is 3. The van der Waals surface area contributed by atoms with E-state index in [0.29, 0.717) is 11.1 Å². The number of nitrogens with zero attached hydrogens (tertiary/aromatic N) is 3. The first kappa shape index (κ1) is 34.7. The molecule has 0 unspecified atom stereocenters. The molecule has 0 amide bonds. The molecular formula is C41H30N6O8. The topological polar surface area (TPSA) is 232 Å². The van der Waals surface area contributed by atoms with Crippen molar-refractivity contribution in [1.29, 1.82) is 0 Å². The van der Waals surface area contributed by atoms with Crippen LogP contribution in [0.5, 0.6) is 0 Å². The Bertz CT molecular complexity index is 2520. The molecule has 0 bridgehead atoms. The van der Waals surface area contributed by atoms with Gasteiger partial charge in [0.1, 0.15) is 0 Å². The zero-order chi connectivity index (χ0) is 38.5. The van der Waals surface area contributed by atoms with Crippen molar-refractivity contribution in [3.8, 4) is 11.4 Å². The van der Waals surface area contributed by atoms with Gasteiger partial charge in [0.2, 0.25) is 11.9 Å². The zero-order valence-electron chi connectivity index (χ0n) is 28.7. The highest BCUT2D eigenvalue weighted by molar-refractivity contribution is 6.23. The summed E-state index contributed by atoms with van der Waals surface area (Å²) in [6.45, 7) is 0. The van der Waals surface area contributed by atoms with Gasteiger partial charge in [-0.25, -0.2) is 0 Å². The molecule has 3 aromatic carbocycles. The number of carboxylic acids is 2. The van der Waals surface area contributed by atoms with Gasteiger partial charge in [-0.3, -0.25) is 28.8 Å². The van der Waals surface area contributed by atoms with E-state index >= 15 is 0 Å². The van der Waals surface area contributed by atoms with Gasteiger partial charge in [0, 0.05) is 28.1 Å². The average molecular weight is 735 g/mol. The molecule has 0 aliphatic heterocycles. The Morgan fingerprint density at radius 2 is 1.29 bits per heavy atom. The highest BCUT2D eigenvalue weighted by atomic mass is 16.4. The number of Topliss-reactive ketones (excluding diaryl/α,β-unsaturated/α-hetero) is 4. The van der Waals surface area contributed by atoms with Crippen molar-refractivity contribution >= 4 is 58.3 Å². The normalized spacial score (nSPS) is 20.7. The summed E-state index contributed by atoms with van der Waals surface area (Å²) in [5, 5.41) is 25.5. The number of aliphatic carboxylic acids is 2. The molecule has 6 N–H and O–H groups in total. The van der Waals surface area contributed by atoms with Gasteiger partial charge >= 0.3 is 11.9 Å². The van der Waals surface area contributed by atoms with E-state index in [1.807, 2.05) is 0 Å². The number of aromatic nitrogens is 3. The molecule has 0 saturated heterocycles. The molecular weight excluding hydrogens is 704 g/mol. The predicted molar refractivity (Wildman–Crippen MR) is 199 cm³/mol. The lowest BCUT2D eigenvalue weighted by Gasteiger charge is -2.34. The van der Waals surface area contributed by atoms with Crippen LogP contribution in [0.2, 0.25) is 0 Å². The Balaban J connectivity index is 1.25. The third-order valence-electron chi connectivity index (χ3n) is 10.0. The number of hydrogen-bond acceptors (Lipinski definition) is 12. The minimum atomic E-state index is -1.21. The quantitative estimate of drug-likeness (QED) is 0.138. The van der Waals surface area contributed by atoms with E-state index in [1.54, 1.807) is 78.9 Å². The molecule has 0 spiro atoms. The van der Waals surface area contributed by atoms with Gasteiger partial charge < -0.3 is 26.6 Å². The van der Waals surface area contributed by atoms with Crippen LogP contribution < -0.4 is 16.4 Å². The molecule has 0 radical (unpaired) electrons. The number of anilines is 4. The first-order chi connectivity index (χ1) is 26.5. The summed E-state index contributed by atoms with van der Waals surface area (Å²) in [6.07, 6.45) is 8.63. The lowest BCUT2D eigenvalue weighted by molar-refractivity contribution is -0.137. The molecule has 14 heteroatoms. The van der Waals surface area contributed by atoms with Crippen LogP contribution in [-0.2, 0) is 16.0 Å². The fourth-order valence-corrected chi connectivity index (χ4v) is 7.62. The standard InChI is InChI=1S/C41H30N6O8/c42-34-21(18-30(50)51)17-28(32-33(34)38(55)25-13-7-6-12-24(25)37(32)54)44-41-46-39(20-8-2-1-3-9-20)45-40(47-41)43-27-15-19(16-29(48)49)14-26-31(27)36(53)23-11-5-4-10-22(23)35(26)52/h1-15,17,24-26,31H,16,18,42H2,(H,48,49)(H,50,51)(H2,43,44,45,46,47)/t24-,25-,26+,31-/m1/s1. The van der Waals surface area contributed by atoms with Crippen molar-refractivity contribution in [1.82, 2.24) is 15.0 Å². The van der Waals surface area contributed by atoms with Crippen molar-refractivity contribution in [2.24, 2.45) is 23.7 Å². The number of nitrogens with two attached hydrogens (primary N) is 1. The van der Waals surface area contributed by atoms with Gasteiger partial charge in [-0.1, -0.05) is 85.0 Å². The molecule has 4 aromatic rings. The Morgan fingerprint density at radius 1 is 0.691 bits per heavy atom. The summed E-state index contributed by atoms with van der Waals surface area (Å²) < 4.78 is 0. The van der Waals surface area contributed by atoms with E-state index in [1.165, 1.54) is 18.2 Å². The minimum absolute atomic E-state index is 0.0414. The molecule has 0 saturated carbocycles. The average Bonchev–Trinajstić information content (AvgIpc) is 3.17. The third kappa shape index (κ3) is 6.18. The van der Waals surface area contributed by atoms with Crippen LogP contribution in [0.25, 0.3) is 11.4 Å². The summed E-state index contributed by atoms with van der Waals surface area (Å²) in [7, 11) is 0.